The molecule has 0 atom stereocenters. The van der Waals surface area contributed by atoms with Crippen LogP contribution in [0.1, 0.15) is 11.1 Å². The van der Waals surface area contributed by atoms with Gasteiger partial charge < -0.3 is 4.57 Å². The van der Waals surface area contributed by atoms with Crippen LogP contribution < -0.4 is 5.56 Å². The van der Waals surface area contributed by atoms with Crippen molar-refractivity contribution in [2.45, 2.75) is 13.5 Å². The van der Waals surface area contributed by atoms with Crippen LogP contribution in [0.3, 0.4) is 0 Å². The highest BCUT2D eigenvalue weighted by Gasteiger charge is 2.21. The van der Waals surface area contributed by atoms with E-state index >= 15 is 0 Å². The van der Waals surface area contributed by atoms with Crippen molar-refractivity contribution >= 4 is 16.7 Å². The third-order valence-corrected chi connectivity index (χ3v) is 4.64. The summed E-state index contributed by atoms with van der Waals surface area (Å²) >= 11 is 0. The number of nitro benzene ring substituents is 1. The number of rotatable bonds is 4. The van der Waals surface area contributed by atoms with Crippen molar-refractivity contribution in [2.75, 3.05) is 0 Å². The topological polar surface area (TPSA) is 78.0 Å². The minimum atomic E-state index is -0.480. The van der Waals surface area contributed by atoms with Crippen molar-refractivity contribution < 1.29 is 4.92 Å². The summed E-state index contributed by atoms with van der Waals surface area (Å²) < 4.78 is 1.62. The number of hydrogen-bond acceptors (Lipinski definition) is 4. The number of aromatic nitrogens is 2. The van der Waals surface area contributed by atoms with Crippen molar-refractivity contribution in [3.8, 4) is 11.3 Å². The fourth-order valence-corrected chi connectivity index (χ4v) is 3.29. The molecule has 6 heteroatoms. The number of para-hydroxylation sites is 2. The van der Waals surface area contributed by atoms with Crippen LogP contribution in [0, 0.1) is 17.0 Å². The third kappa shape index (κ3) is 3.16. The van der Waals surface area contributed by atoms with Crippen LogP contribution in [0.25, 0.3) is 22.3 Å². The molecule has 0 aliphatic rings. The highest BCUT2D eigenvalue weighted by atomic mass is 16.6. The molecule has 0 saturated heterocycles. The Hall–Kier alpha value is -3.80. The summed E-state index contributed by atoms with van der Waals surface area (Å²) in [5.41, 5.74) is 2.94. The fourth-order valence-electron chi connectivity index (χ4n) is 3.29. The quantitative estimate of drug-likeness (QED) is 0.395. The smallest absolute Gasteiger partial charge is 0.278 e. The van der Waals surface area contributed by atoms with Gasteiger partial charge in [0.1, 0.15) is 5.69 Å². The van der Waals surface area contributed by atoms with Crippen LogP contribution in [-0.2, 0) is 6.54 Å². The maximum atomic E-state index is 13.4. The second-order valence-electron chi connectivity index (χ2n) is 6.60. The van der Waals surface area contributed by atoms with Crippen molar-refractivity contribution in [1.29, 1.82) is 0 Å². The van der Waals surface area contributed by atoms with Crippen molar-refractivity contribution in [1.82, 2.24) is 9.55 Å². The first-order chi connectivity index (χ1) is 13.5. The van der Waals surface area contributed by atoms with Gasteiger partial charge in [-0.15, -0.1) is 0 Å². The Morgan fingerprint density at radius 3 is 2.46 bits per heavy atom. The Morgan fingerprint density at radius 1 is 1.00 bits per heavy atom. The number of aryl methyl sites for hydroxylation is 1. The van der Waals surface area contributed by atoms with Gasteiger partial charge in [-0.05, 0) is 36.2 Å². The van der Waals surface area contributed by atoms with E-state index < -0.39 is 4.92 Å². The minimum Gasteiger partial charge on any atom is -0.300 e. The van der Waals surface area contributed by atoms with E-state index in [4.69, 9.17) is 0 Å². The summed E-state index contributed by atoms with van der Waals surface area (Å²) in [6.07, 6.45) is 0. The van der Waals surface area contributed by atoms with Gasteiger partial charge in [0.05, 0.1) is 28.1 Å². The molecule has 3 aromatic carbocycles. The second-order valence-corrected chi connectivity index (χ2v) is 6.60. The van der Waals surface area contributed by atoms with Crippen LogP contribution in [-0.4, -0.2) is 14.5 Å². The van der Waals surface area contributed by atoms with Crippen molar-refractivity contribution in [3.05, 3.63) is 104 Å². The largest absolute Gasteiger partial charge is 0.300 e. The Morgan fingerprint density at radius 2 is 1.71 bits per heavy atom. The van der Waals surface area contributed by atoms with Crippen LogP contribution in [0.15, 0.2) is 77.6 Å². The standard InChI is InChI=1S/C22H17N3O3/c1-15-11-12-19(25(27)28)17(13-15)21-22(26)24(14-16-7-3-2-4-8-16)20-10-6-5-9-18(20)23-21/h2-13H,14H2,1H3. The molecule has 28 heavy (non-hydrogen) atoms. The van der Waals surface area contributed by atoms with E-state index in [1.807, 2.05) is 55.5 Å². The van der Waals surface area contributed by atoms with Crippen molar-refractivity contribution in [2.24, 2.45) is 0 Å². The Kier molecular flexibility index (Phi) is 4.45. The molecule has 0 radical (unpaired) electrons. The Bertz CT molecular complexity index is 1250. The monoisotopic (exact) mass is 371 g/mol. The maximum Gasteiger partial charge on any atom is 0.278 e. The van der Waals surface area contributed by atoms with Crippen LogP contribution in [0.5, 0.6) is 0 Å². The molecule has 0 amide bonds. The molecular weight excluding hydrogens is 354 g/mol. The third-order valence-electron chi connectivity index (χ3n) is 4.64. The minimum absolute atomic E-state index is 0.0880. The molecule has 0 spiro atoms. The van der Waals surface area contributed by atoms with E-state index in [1.54, 1.807) is 22.8 Å². The predicted octanol–water partition coefficient (Wildman–Crippen LogP) is 4.33. The van der Waals surface area contributed by atoms with Gasteiger partial charge in [0.2, 0.25) is 0 Å². The molecule has 1 aromatic heterocycles. The lowest BCUT2D eigenvalue weighted by Gasteiger charge is -2.13. The van der Waals surface area contributed by atoms with E-state index in [1.165, 1.54) is 6.07 Å². The average molecular weight is 371 g/mol. The zero-order valence-electron chi connectivity index (χ0n) is 15.2. The second kappa shape index (κ2) is 7.08. The lowest BCUT2D eigenvalue weighted by Crippen LogP contribution is -2.24. The van der Waals surface area contributed by atoms with Gasteiger partial charge >= 0.3 is 0 Å². The highest BCUT2D eigenvalue weighted by molar-refractivity contribution is 5.80. The Labute approximate surface area is 160 Å². The molecule has 0 N–H and O–H groups in total. The summed E-state index contributed by atoms with van der Waals surface area (Å²) in [5, 5.41) is 11.5. The first-order valence-electron chi connectivity index (χ1n) is 8.83. The number of nitro groups is 1. The SMILES string of the molecule is Cc1ccc([N+](=O)[O-])c(-c2nc3ccccc3n(Cc3ccccc3)c2=O)c1. The molecule has 0 aliphatic heterocycles. The molecule has 4 aromatic rings. The van der Waals surface area contributed by atoms with E-state index in [9.17, 15) is 14.9 Å². The highest BCUT2D eigenvalue weighted by Crippen LogP contribution is 2.28. The zero-order valence-corrected chi connectivity index (χ0v) is 15.2. The molecular formula is C22H17N3O3. The lowest BCUT2D eigenvalue weighted by molar-refractivity contribution is -0.384. The summed E-state index contributed by atoms with van der Waals surface area (Å²) in [6, 6.07) is 21.7. The summed E-state index contributed by atoms with van der Waals surface area (Å²) in [5.74, 6) is 0. The Balaban J connectivity index is 2.02. The summed E-state index contributed by atoms with van der Waals surface area (Å²) in [6.45, 7) is 2.19. The first-order valence-corrected chi connectivity index (χ1v) is 8.83. The molecule has 1 heterocycles. The zero-order chi connectivity index (χ0) is 19.7. The molecule has 0 aliphatic carbocycles. The van der Waals surface area contributed by atoms with Gasteiger partial charge in [0.15, 0.2) is 0 Å². The van der Waals surface area contributed by atoms with Crippen molar-refractivity contribution in [3.63, 3.8) is 0 Å². The number of fused-ring (bicyclic) bond motifs is 1. The lowest BCUT2D eigenvalue weighted by atomic mass is 10.1. The average Bonchev–Trinajstić information content (AvgIpc) is 2.70. The van der Waals surface area contributed by atoms with Gasteiger partial charge in [0, 0.05) is 6.07 Å². The number of hydrogen-bond donors (Lipinski definition) is 0. The molecule has 6 nitrogen and oxygen atoms in total. The van der Waals surface area contributed by atoms with Gasteiger partial charge in [0.25, 0.3) is 11.2 Å². The summed E-state index contributed by atoms with van der Waals surface area (Å²) in [4.78, 5) is 28.9. The molecule has 0 unspecified atom stereocenters. The van der Waals surface area contributed by atoms with E-state index in [0.717, 1.165) is 11.1 Å². The molecule has 0 fully saturated rings. The molecule has 4 rings (SSSR count). The van der Waals surface area contributed by atoms with E-state index in [-0.39, 0.29) is 22.5 Å². The maximum absolute atomic E-state index is 13.4. The number of nitrogens with zero attached hydrogens (tertiary/aromatic N) is 3. The predicted molar refractivity (Wildman–Crippen MR) is 108 cm³/mol. The van der Waals surface area contributed by atoms with Gasteiger partial charge in [-0.3, -0.25) is 14.9 Å². The van der Waals surface area contributed by atoms with Gasteiger partial charge in [-0.2, -0.15) is 0 Å². The van der Waals surface area contributed by atoms with Crippen LogP contribution in [0.2, 0.25) is 0 Å². The molecule has 0 bridgehead atoms. The normalized spacial score (nSPS) is 10.9. The fraction of sp³-hybridized carbons (Fsp3) is 0.0909. The molecule has 138 valence electrons. The number of benzene rings is 3. The van der Waals surface area contributed by atoms with Gasteiger partial charge in [-0.1, -0.05) is 48.5 Å². The summed E-state index contributed by atoms with van der Waals surface area (Å²) in [7, 11) is 0. The molecule has 0 saturated carbocycles. The van der Waals surface area contributed by atoms with Gasteiger partial charge in [-0.25, -0.2) is 4.98 Å². The van der Waals surface area contributed by atoms with Crippen LogP contribution in [0.4, 0.5) is 5.69 Å². The van der Waals surface area contributed by atoms with E-state index in [2.05, 4.69) is 4.98 Å². The van der Waals surface area contributed by atoms with Crippen LogP contribution >= 0.6 is 0 Å². The first kappa shape index (κ1) is 17.6. The van der Waals surface area contributed by atoms with E-state index in [0.29, 0.717) is 17.6 Å².